The summed E-state index contributed by atoms with van der Waals surface area (Å²) in [6.45, 7) is 3.81. The Labute approximate surface area is 371 Å². The largest absolute Gasteiger partial charge is 0.472 e. The van der Waals surface area contributed by atoms with Gasteiger partial charge in [-0.25, -0.2) is 4.57 Å². The van der Waals surface area contributed by atoms with Crippen molar-refractivity contribution < 1.29 is 37.6 Å². The molecule has 0 saturated carbocycles. The maximum atomic E-state index is 12.7. The summed E-state index contributed by atoms with van der Waals surface area (Å²) in [6, 6.07) is 0. The molecule has 0 rings (SSSR count). The Morgan fingerprint density at radius 1 is 0.433 bits per heavy atom. The monoisotopic (exact) mass is 874 g/mol. The minimum Gasteiger partial charge on any atom is -0.462 e. The van der Waals surface area contributed by atoms with Gasteiger partial charge in [-0.1, -0.05) is 251 Å². The van der Waals surface area contributed by atoms with Gasteiger partial charge in [0.2, 0.25) is 0 Å². The number of ether oxygens (including phenoxy) is 2. The number of unbranched alkanes of at least 4 members (excludes halogenated alkanes) is 37. The van der Waals surface area contributed by atoms with Crippen molar-refractivity contribution in [1.82, 2.24) is 0 Å². The Kier molecular flexibility index (Phi) is 46.7. The Hall–Kier alpha value is -0.990. The molecule has 10 heteroatoms. The van der Waals surface area contributed by atoms with Gasteiger partial charge in [-0.2, -0.15) is 0 Å². The zero-order valence-corrected chi connectivity index (χ0v) is 40.6. The van der Waals surface area contributed by atoms with Crippen molar-refractivity contribution in [3.05, 3.63) is 0 Å². The summed E-state index contributed by atoms with van der Waals surface area (Å²) >= 11 is 0. The highest BCUT2D eigenvalue weighted by Gasteiger charge is 2.26. The molecular weight excluding hydrogens is 774 g/mol. The molecule has 0 aromatic carbocycles. The van der Waals surface area contributed by atoms with Crippen LogP contribution in [0, 0.1) is 0 Å². The topological polar surface area (TPSA) is 134 Å². The van der Waals surface area contributed by atoms with Crippen molar-refractivity contribution in [2.24, 2.45) is 5.73 Å². The van der Waals surface area contributed by atoms with E-state index in [1.54, 1.807) is 0 Å². The molecule has 9 nitrogen and oxygen atoms in total. The second-order valence-corrected chi connectivity index (χ2v) is 19.2. The van der Waals surface area contributed by atoms with Gasteiger partial charge < -0.3 is 20.1 Å². The average Bonchev–Trinajstić information content (AvgIpc) is 3.24. The SMILES string of the molecule is CCCCCCCCCCCCCCCCCCCCCCCCC(=O)OC(COC(=O)CCCCCCCCCCCCCCCCCCC)COP(=O)(O)OCCN. The van der Waals surface area contributed by atoms with Crippen LogP contribution in [0.3, 0.4) is 0 Å². The minimum atomic E-state index is -4.37. The van der Waals surface area contributed by atoms with Gasteiger partial charge >= 0.3 is 19.8 Å². The van der Waals surface area contributed by atoms with Crippen LogP contribution in [0.1, 0.15) is 277 Å². The second-order valence-electron chi connectivity index (χ2n) is 17.8. The molecule has 2 unspecified atom stereocenters. The fourth-order valence-electron chi connectivity index (χ4n) is 7.87. The molecule has 0 heterocycles. The van der Waals surface area contributed by atoms with E-state index in [-0.39, 0.29) is 38.6 Å². The Bertz CT molecular complexity index is 953. The summed E-state index contributed by atoms with van der Waals surface area (Å²) < 4.78 is 32.9. The van der Waals surface area contributed by atoms with Crippen LogP contribution in [0.15, 0.2) is 0 Å². The lowest BCUT2D eigenvalue weighted by molar-refractivity contribution is -0.161. The number of carbonyl (C=O) groups excluding carboxylic acids is 2. The van der Waals surface area contributed by atoms with Gasteiger partial charge in [-0.15, -0.1) is 0 Å². The lowest BCUT2D eigenvalue weighted by Crippen LogP contribution is -2.29. The molecule has 0 radical (unpaired) electrons. The normalized spacial score (nSPS) is 13.1. The Morgan fingerprint density at radius 3 is 1.02 bits per heavy atom. The van der Waals surface area contributed by atoms with Gasteiger partial charge in [0.05, 0.1) is 13.2 Å². The summed E-state index contributed by atoms with van der Waals surface area (Å²) in [7, 11) is -4.37. The minimum absolute atomic E-state index is 0.0584. The van der Waals surface area contributed by atoms with Crippen molar-refractivity contribution in [1.29, 1.82) is 0 Å². The van der Waals surface area contributed by atoms with E-state index in [1.165, 1.54) is 212 Å². The molecule has 2 atom stereocenters. The summed E-state index contributed by atoms with van der Waals surface area (Å²) in [5.41, 5.74) is 5.37. The fourth-order valence-corrected chi connectivity index (χ4v) is 8.64. The standard InChI is InChI=1S/C50H100NO8P/c1-3-5-7-9-11-13-15-17-19-21-22-23-24-25-27-29-31-33-35-37-39-41-43-50(53)59-48(47-58-60(54,55)57-45-44-51)46-56-49(52)42-40-38-36-34-32-30-28-26-20-18-16-14-12-10-8-6-4-2/h48H,3-47,51H2,1-2H3,(H,54,55). The van der Waals surface area contributed by atoms with E-state index in [1.807, 2.05) is 0 Å². The summed E-state index contributed by atoms with van der Waals surface area (Å²) in [6.07, 6.45) is 50.0. The third-order valence-corrected chi connectivity index (χ3v) is 12.7. The number of esters is 2. The van der Waals surface area contributed by atoms with Crippen LogP contribution in [0.4, 0.5) is 0 Å². The quantitative estimate of drug-likeness (QED) is 0.0348. The van der Waals surface area contributed by atoms with Crippen LogP contribution in [0.25, 0.3) is 0 Å². The van der Waals surface area contributed by atoms with Gasteiger partial charge in [0, 0.05) is 19.4 Å². The molecule has 0 fully saturated rings. The van der Waals surface area contributed by atoms with Crippen molar-refractivity contribution in [2.75, 3.05) is 26.4 Å². The molecule has 0 aromatic heterocycles. The smallest absolute Gasteiger partial charge is 0.462 e. The summed E-state index contributed by atoms with van der Waals surface area (Å²) in [5, 5.41) is 0. The summed E-state index contributed by atoms with van der Waals surface area (Å²) in [4.78, 5) is 35.0. The first-order valence-corrected chi connectivity index (χ1v) is 27.5. The van der Waals surface area contributed by atoms with Crippen molar-refractivity contribution in [3.8, 4) is 0 Å². The maximum Gasteiger partial charge on any atom is 0.472 e. The molecule has 0 saturated heterocycles. The van der Waals surface area contributed by atoms with E-state index in [4.69, 9.17) is 24.3 Å². The van der Waals surface area contributed by atoms with Gasteiger partial charge in [0.15, 0.2) is 6.10 Å². The lowest BCUT2D eigenvalue weighted by atomic mass is 10.0. The van der Waals surface area contributed by atoms with Crippen molar-refractivity contribution in [3.63, 3.8) is 0 Å². The van der Waals surface area contributed by atoms with Gasteiger partial charge in [-0.05, 0) is 12.8 Å². The highest BCUT2D eigenvalue weighted by atomic mass is 31.2. The predicted octanol–water partition coefficient (Wildman–Crippen LogP) is 15.6. The molecule has 0 aliphatic carbocycles. The molecule has 358 valence electrons. The van der Waals surface area contributed by atoms with E-state index in [9.17, 15) is 19.0 Å². The van der Waals surface area contributed by atoms with E-state index in [2.05, 4.69) is 13.8 Å². The van der Waals surface area contributed by atoms with Crippen LogP contribution in [0.2, 0.25) is 0 Å². The molecule has 0 aromatic rings. The van der Waals surface area contributed by atoms with Crippen LogP contribution < -0.4 is 5.73 Å². The lowest BCUT2D eigenvalue weighted by Gasteiger charge is -2.19. The highest BCUT2D eigenvalue weighted by Crippen LogP contribution is 2.43. The third-order valence-electron chi connectivity index (χ3n) is 11.7. The van der Waals surface area contributed by atoms with E-state index < -0.39 is 26.5 Å². The average molecular weight is 874 g/mol. The molecular formula is C50H100NO8P. The van der Waals surface area contributed by atoms with Crippen LogP contribution in [-0.4, -0.2) is 49.3 Å². The number of carbonyl (C=O) groups is 2. The molecule has 0 bridgehead atoms. The zero-order valence-electron chi connectivity index (χ0n) is 39.7. The first-order chi connectivity index (χ1) is 29.3. The zero-order chi connectivity index (χ0) is 43.9. The number of phosphoric acid groups is 1. The Balaban J connectivity index is 3.97. The molecule has 0 aliphatic rings. The van der Waals surface area contributed by atoms with Gasteiger partial charge in [-0.3, -0.25) is 18.6 Å². The van der Waals surface area contributed by atoms with E-state index in [0.29, 0.717) is 6.42 Å². The molecule has 0 aliphatic heterocycles. The van der Waals surface area contributed by atoms with Crippen molar-refractivity contribution >= 4 is 19.8 Å². The van der Waals surface area contributed by atoms with Gasteiger partial charge in [0.25, 0.3) is 0 Å². The first kappa shape index (κ1) is 59.0. The third kappa shape index (κ3) is 46.5. The molecule has 3 N–H and O–H groups in total. The number of hydrogen-bond donors (Lipinski definition) is 2. The van der Waals surface area contributed by atoms with Gasteiger partial charge in [0.1, 0.15) is 6.61 Å². The predicted molar refractivity (Wildman–Crippen MR) is 252 cm³/mol. The fraction of sp³-hybridized carbons (Fsp3) is 0.960. The molecule has 0 spiro atoms. The number of nitrogens with two attached hydrogens (primary N) is 1. The van der Waals surface area contributed by atoms with E-state index >= 15 is 0 Å². The van der Waals surface area contributed by atoms with Crippen LogP contribution >= 0.6 is 7.82 Å². The van der Waals surface area contributed by atoms with Crippen LogP contribution in [-0.2, 0) is 32.7 Å². The van der Waals surface area contributed by atoms with Crippen molar-refractivity contribution in [2.45, 2.75) is 283 Å². The molecule has 60 heavy (non-hydrogen) atoms. The van der Waals surface area contributed by atoms with Crippen LogP contribution in [0.5, 0.6) is 0 Å². The second kappa shape index (κ2) is 47.5. The molecule has 0 amide bonds. The van der Waals surface area contributed by atoms with E-state index in [0.717, 1.165) is 32.1 Å². The summed E-state index contributed by atoms with van der Waals surface area (Å²) in [5.74, 6) is -0.806. The number of phosphoric ester groups is 1. The first-order valence-electron chi connectivity index (χ1n) is 26.0. The maximum absolute atomic E-state index is 12.7. The number of hydrogen-bond acceptors (Lipinski definition) is 8. The Morgan fingerprint density at radius 2 is 0.717 bits per heavy atom. The highest BCUT2D eigenvalue weighted by molar-refractivity contribution is 7.47. The number of rotatable bonds is 50.